The van der Waals surface area contributed by atoms with Gasteiger partial charge in [0.2, 0.25) is 5.76 Å². The predicted octanol–water partition coefficient (Wildman–Crippen LogP) is 2.63. The van der Waals surface area contributed by atoms with Gasteiger partial charge in [0.25, 0.3) is 5.91 Å². The highest BCUT2D eigenvalue weighted by molar-refractivity contribution is 5.95. The van der Waals surface area contributed by atoms with Crippen LogP contribution in [0.5, 0.6) is 0 Å². The Morgan fingerprint density at radius 1 is 1.33 bits per heavy atom. The van der Waals surface area contributed by atoms with Crippen LogP contribution in [0.1, 0.15) is 46.5 Å². The normalized spacial score (nSPS) is 15.1. The molecule has 1 atom stereocenters. The third-order valence-electron chi connectivity index (χ3n) is 4.28. The fraction of sp³-hybridized carbons (Fsp3) is 0.389. The number of carbonyl (C=O) groups is 2. The molecule has 1 aliphatic rings. The Kier molecular flexibility index (Phi) is 4.38. The van der Waals surface area contributed by atoms with Crippen LogP contribution in [0.2, 0.25) is 0 Å². The number of aromatic nitrogens is 1. The van der Waals surface area contributed by atoms with Crippen molar-refractivity contribution < 1.29 is 19.1 Å². The summed E-state index contributed by atoms with van der Waals surface area (Å²) in [6.07, 6.45) is 2.28. The van der Waals surface area contributed by atoms with Crippen LogP contribution in [0.15, 0.2) is 34.7 Å². The first-order valence-corrected chi connectivity index (χ1v) is 7.98. The quantitative estimate of drug-likeness (QED) is 0.881. The van der Waals surface area contributed by atoms with Crippen molar-refractivity contribution >= 4 is 11.9 Å². The third kappa shape index (κ3) is 3.32. The van der Waals surface area contributed by atoms with Crippen molar-refractivity contribution in [3.05, 3.63) is 53.2 Å². The number of hydrogen-bond donors (Lipinski definition) is 1. The number of hydrogen-bond acceptors (Lipinski definition) is 4. The molecule has 24 heavy (non-hydrogen) atoms. The number of aryl methyl sites for hydroxylation is 1. The van der Waals surface area contributed by atoms with Crippen molar-refractivity contribution in [1.82, 2.24) is 9.88 Å². The van der Waals surface area contributed by atoms with E-state index in [2.05, 4.69) is 4.98 Å². The molecule has 1 saturated carbocycles. The highest BCUT2D eigenvalue weighted by Crippen LogP contribution is 2.40. The second kappa shape index (κ2) is 6.47. The molecule has 0 radical (unpaired) electrons. The van der Waals surface area contributed by atoms with Gasteiger partial charge in [0, 0.05) is 19.4 Å². The average Bonchev–Trinajstić information content (AvgIpc) is 3.35. The van der Waals surface area contributed by atoms with Gasteiger partial charge in [-0.25, -0.2) is 9.78 Å². The summed E-state index contributed by atoms with van der Waals surface area (Å²) in [4.78, 5) is 29.9. The van der Waals surface area contributed by atoms with Gasteiger partial charge in [-0.3, -0.25) is 4.79 Å². The number of carboxylic acids is 1. The van der Waals surface area contributed by atoms with Gasteiger partial charge in [-0.2, -0.15) is 0 Å². The number of rotatable bonds is 6. The molecule has 0 bridgehead atoms. The Morgan fingerprint density at radius 3 is 2.58 bits per heavy atom. The molecule has 1 aromatic heterocycles. The van der Waals surface area contributed by atoms with Gasteiger partial charge in [0.1, 0.15) is 6.04 Å². The molecule has 3 rings (SSSR count). The van der Waals surface area contributed by atoms with Crippen LogP contribution in [0.25, 0.3) is 0 Å². The van der Waals surface area contributed by atoms with Gasteiger partial charge in [-0.15, -0.1) is 0 Å². The van der Waals surface area contributed by atoms with E-state index < -0.39 is 17.9 Å². The molecule has 1 aliphatic carbocycles. The first-order valence-electron chi connectivity index (χ1n) is 7.98. The maximum Gasteiger partial charge on any atom is 0.326 e. The van der Waals surface area contributed by atoms with Crippen molar-refractivity contribution in [3.8, 4) is 0 Å². The predicted molar refractivity (Wildman–Crippen MR) is 86.9 cm³/mol. The van der Waals surface area contributed by atoms with Gasteiger partial charge in [-0.05, 0) is 25.3 Å². The lowest BCUT2D eigenvalue weighted by atomic mass is 10.0. The molecular weight excluding hydrogens is 308 g/mol. The van der Waals surface area contributed by atoms with E-state index in [4.69, 9.17) is 4.42 Å². The van der Waals surface area contributed by atoms with E-state index in [1.165, 1.54) is 11.9 Å². The zero-order valence-electron chi connectivity index (χ0n) is 13.7. The topological polar surface area (TPSA) is 83.6 Å². The van der Waals surface area contributed by atoms with Crippen molar-refractivity contribution in [2.24, 2.45) is 0 Å². The average molecular weight is 328 g/mol. The Morgan fingerprint density at radius 2 is 2.00 bits per heavy atom. The van der Waals surface area contributed by atoms with E-state index in [1.807, 2.05) is 30.3 Å². The molecule has 6 heteroatoms. The summed E-state index contributed by atoms with van der Waals surface area (Å²) in [5.74, 6) is -0.474. The standard InChI is InChI=1S/C18H20N2O4/c1-11-15(24-16(19-11)13-8-9-13)17(21)20(2)14(18(22)23)10-12-6-4-3-5-7-12/h3-7,13-14H,8-10H2,1-2H3,(H,22,23). The Labute approximate surface area is 140 Å². The molecule has 1 heterocycles. The minimum absolute atomic E-state index is 0.138. The highest BCUT2D eigenvalue weighted by atomic mass is 16.4. The van der Waals surface area contributed by atoms with Crippen molar-refractivity contribution in [1.29, 1.82) is 0 Å². The number of likely N-dealkylation sites (N-methyl/N-ethyl adjacent to an activating group) is 1. The van der Waals surface area contributed by atoms with Crippen LogP contribution in [0.3, 0.4) is 0 Å². The Balaban J connectivity index is 1.80. The van der Waals surface area contributed by atoms with Gasteiger partial charge >= 0.3 is 5.97 Å². The zero-order chi connectivity index (χ0) is 17.3. The van der Waals surface area contributed by atoms with Crippen LogP contribution < -0.4 is 0 Å². The molecule has 0 spiro atoms. The third-order valence-corrected chi connectivity index (χ3v) is 4.28. The van der Waals surface area contributed by atoms with Crippen LogP contribution in [0, 0.1) is 6.92 Å². The smallest absolute Gasteiger partial charge is 0.326 e. The molecular formula is C18H20N2O4. The number of oxazole rings is 1. The molecule has 6 nitrogen and oxygen atoms in total. The zero-order valence-corrected chi connectivity index (χ0v) is 13.7. The van der Waals surface area contributed by atoms with Crippen LogP contribution >= 0.6 is 0 Å². The fourth-order valence-corrected chi connectivity index (χ4v) is 2.65. The van der Waals surface area contributed by atoms with Gasteiger partial charge in [0.15, 0.2) is 5.89 Å². The first-order chi connectivity index (χ1) is 11.5. The Hall–Kier alpha value is -2.63. The van der Waals surface area contributed by atoms with Crippen LogP contribution in [0.4, 0.5) is 0 Å². The van der Waals surface area contributed by atoms with E-state index in [0.29, 0.717) is 17.5 Å². The van der Waals surface area contributed by atoms with Crippen molar-refractivity contribution in [2.75, 3.05) is 7.05 Å². The van der Waals surface area contributed by atoms with E-state index in [1.54, 1.807) is 6.92 Å². The van der Waals surface area contributed by atoms with Gasteiger partial charge in [0.05, 0.1) is 5.69 Å². The summed E-state index contributed by atoms with van der Waals surface area (Å²) in [6, 6.07) is 8.29. The fourth-order valence-electron chi connectivity index (χ4n) is 2.65. The van der Waals surface area contributed by atoms with Crippen LogP contribution in [-0.4, -0.2) is 40.0 Å². The van der Waals surface area contributed by atoms with Gasteiger partial charge < -0.3 is 14.4 Å². The lowest BCUT2D eigenvalue weighted by molar-refractivity contribution is -0.141. The maximum atomic E-state index is 12.7. The Bertz CT molecular complexity index is 750. The molecule has 1 amide bonds. The van der Waals surface area contributed by atoms with Crippen LogP contribution in [-0.2, 0) is 11.2 Å². The molecule has 0 aliphatic heterocycles. The maximum absolute atomic E-state index is 12.7. The number of aliphatic carboxylic acids is 1. The second-order valence-corrected chi connectivity index (χ2v) is 6.20. The van der Waals surface area contributed by atoms with E-state index in [-0.39, 0.29) is 12.2 Å². The second-order valence-electron chi connectivity index (χ2n) is 6.20. The number of benzene rings is 1. The molecule has 0 saturated heterocycles. The van der Waals surface area contributed by atoms with Crippen molar-refractivity contribution in [2.45, 2.75) is 38.1 Å². The van der Waals surface area contributed by atoms with Crippen molar-refractivity contribution in [3.63, 3.8) is 0 Å². The van der Waals surface area contributed by atoms with E-state index in [9.17, 15) is 14.7 Å². The lowest BCUT2D eigenvalue weighted by Gasteiger charge is -2.24. The lowest BCUT2D eigenvalue weighted by Crippen LogP contribution is -2.44. The molecule has 126 valence electrons. The molecule has 1 aromatic carbocycles. The summed E-state index contributed by atoms with van der Waals surface area (Å²) in [5, 5.41) is 9.53. The van der Waals surface area contributed by atoms with Gasteiger partial charge in [-0.1, -0.05) is 30.3 Å². The summed E-state index contributed by atoms with van der Waals surface area (Å²) in [5.41, 5.74) is 1.37. The molecule has 1 fully saturated rings. The number of carboxylic acid groups (broad SMARTS) is 1. The number of nitrogens with zero attached hydrogens (tertiary/aromatic N) is 2. The summed E-state index contributed by atoms with van der Waals surface area (Å²) in [7, 11) is 1.49. The van der Waals surface area contributed by atoms with E-state index in [0.717, 1.165) is 18.4 Å². The van der Waals surface area contributed by atoms with E-state index >= 15 is 0 Å². The molecule has 1 N–H and O–H groups in total. The molecule has 2 aromatic rings. The summed E-state index contributed by atoms with van der Waals surface area (Å²) in [6.45, 7) is 1.71. The number of carbonyl (C=O) groups excluding carboxylic acids is 1. The monoisotopic (exact) mass is 328 g/mol. The SMILES string of the molecule is Cc1nc(C2CC2)oc1C(=O)N(C)C(Cc1ccccc1)C(=O)O. The summed E-state index contributed by atoms with van der Waals surface area (Å²) >= 11 is 0. The minimum Gasteiger partial charge on any atom is -0.480 e. The largest absolute Gasteiger partial charge is 0.480 e. The molecule has 1 unspecified atom stereocenters. The number of amides is 1. The summed E-state index contributed by atoms with van der Waals surface area (Å²) < 4.78 is 5.61. The highest BCUT2D eigenvalue weighted by Gasteiger charge is 2.34. The first kappa shape index (κ1) is 16.2. The minimum atomic E-state index is -1.05.